The lowest BCUT2D eigenvalue weighted by atomic mass is 10.0. The minimum Gasteiger partial charge on any atom is -0.497 e. The molecule has 0 spiro atoms. The predicted octanol–water partition coefficient (Wildman–Crippen LogP) is 2.25. The van der Waals surface area contributed by atoms with Crippen LogP contribution in [0.25, 0.3) is 16.9 Å². The van der Waals surface area contributed by atoms with Crippen molar-refractivity contribution in [3.05, 3.63) is 59.8 Å². The van der Waals surface area contributed by atoms with Crippen LogP contribution in [0.3, 0.4) is 0 Å². The Bertz CT molecular complexity index is 1440. The highest BCUT2D eigenvalue weighted by atomic mass is 35.5. The monoisotopic (exact) mass is 497 g/mol. The zero-order valence-corrected chi connectivity index (χ0v) is 20.0. The number of nitrogens with zero attached hydrogens (tertiary/aromatic N) is 3. The van der Waals surface area contributed by atoms with Crippen LogP contribution in [-0.2, 0) is 10.0 Å². The zero-order chi connectivity index (χ0) is 24.3. The predicted molar refractivity (Wildman–Crippen MR) is 132 cm³/mol. The minimum absolute atomic E-state index is 0.0125. The van der Waals surface area contributed by atoms with E-state index in [4.69, 9.17) is 28.9 Å². The number of benzene rings is 2. The molecule has 0 unspecified atom stereocenters. The number of ether oxygens (including phenoxy) is 2. The third-order valence-corrected chi connectivity index (χ3v) is 6.84. The number of halogens is 1. The summed E-state index contributed by atoms with van der Waals surface area (Å²) in [5.74, 6) is 1.20. The number of anilines is 1. The fourth-order valence-corrected chi connectivity index (χ4v) is 4.81. The number of aromatic nitrogens is 3. The summed E-state index contributed by atoms with van der Waals surface area (Å²) in [5, 5.41) is 7.99. The molecule has 2 N–H and O–H groups in total. The van der Waals surface area contributed by atoms with Crippen LogP contribution in [0.1, 0.15) is 0 Å². The van der Waals surface area contributed by atoms with Gasteiger partial charge in [-0.2, -0.15) is 9.61 Å². The van der Waals surface area contributed by atoms with Crippen LogP contribution < -0.4 is 25.0 Å². The lowest BCUT2D eigenvalue weighted by Crippen LogP contribution is -2.29. The SMILES string of the molecule is [B]c1cnn2c(NCCNS(=O)(=O)c3cc(OC)ccc3OC)cc(-c3ccccc3Cl)nc12. The smallest absolute Gasteiger partial charge is 0.244 e. The Hall–Kier alpha value is -3.28. The number of sulfonamides is 1. The summed E-state index contributed by atoms with van der Waals surface area (Å²) in [6, 6.07) is 13.7. The van der Waals surface area contributed by atoms with E-state index in [9.17, 15) is 8.42 Å². The first-order valence-corrected chi connectivity index (χ1v) is 12.0. The van der Waals surface area contributed by atoms with Crippen LogP contribution in [0.15, 0.2) is 59.6 Å². The van der Waals surface area contributed by atoms with Crippen LogP contribution in [0.5, 0.6) is 11.5 Å². The van der Waals surface area contributed by atoms with E-state index in [2.05, 4.69) is 20.1 Å². The van der Waals surface area contributed by atoms with Gasteiger partial charge in [0, 0.05) is 42.0 Å². The molecule has 34 heavy (non-hydrogen) atoms. The Morgan fingerprint density at radius 1 is 1.09 bits per heavy atom. The fraction of sp³-hybridized carbons (Fsp3) is 0.182. The van der Waals surface area contributed by atoms with Gasteiger partial charge in [0.05, 0.1) is 19.9 Å². The van der Waals surface area contributed by atoms with Crippen molar-refractivity contribution in [2.24, 2.45) is 0 Å². The van der Waals surface area contributed by atoms with Gasteiger partial charge in [-0.25, -0.2) is 18.1 Å². The largest absolute Gasteiger partial charge is 0.497 e. The molecule has 9 nitrogen and oxygen atoms in total. The number of hydrogen-bond donors (Lipinski definition) is 2. The highest BCUT2D eigenvalue weighted by Crippen LogP contribution is 2.29. The summed E-state index contributed by atoms with van der Waals surface area (Å²) in [6.45, 7) is 0.344. The summed E-state index contributed by atoms with van der Waals surface area (Å²) in [5.41, 5.74) is 2.21. The molecule has 0 bridgehead atoms. The first-order valence-electron chi connectivity index (χ1n) is 10.2. The molecule has 2 aromatic carbocycles. The Morgan fingerprint density at radius 3 is 2.62 bits per heavy atom. The highest BCUT2D eigenvalue weighted by molar-refractivity contribution is 7.89. The molecule has 2 radical (unpaired) electrons. The summed E-state index contributed by atoms with van der Waals surface area (Å²) in [7, 11) is 5.05. The van der Waals surface area contributed by atoms with E-state index in [1.54, 1.807) is 22.7 Å². The molecular formula is C22H21BClN5O4S. The van der Waals surface area contributed by atoms with E-state index in [-0.39, 0.29) is 23.7 Å². The Balaban J connectivity index is 1.54. The standard InChI is InChI=1S/C22H21BClN5O4S/c1-32-14-7-8-19(33-2)20(11-14)34(30,31)27-10-9-25-21-12-18(15-5-3-4-6-17(15)24)28-22-16(23)13-26-29(21)22/h3-8,11-13,25,27H,9-10H2,1-2H3. The Labute approximate surface area is 203 Å². The topological polar surface area (TPSA) is 107 Å². The molecule has 0 fully saturated rings. The second-order valence-corrected chi connectivity index (χ2v) is 9.33. The fourth-order valence-electron chi connectivity index (χ4n) is 3.36. The summed E-state index contributed by atoms with van der Waals surface area (Å²) in [4.78, 5) is 4.57. The molecule has 0 atom stereocenters. The van der Waals surface area contributed by atoms with Crippen LogP contribution in [0, 0.1) is 0 Å². The van der Waals surface area contributed by atoms with E-state index < -0.39 is 10.0 Å². The van der Waals surface area contributed by atoms with E-state index in [0.717, 1.165) is 5.56 Å². The van der Waals surface area contributed by atoms with Crippen LogP contribution in [0.4, 0.5) is 5.82 Å². The number of hydrogen-bond acceptors (Lipinski definition) is 7. The Morgan fingerprint density at radius 2 is 1.88 bits per heavy atom. The molecule has 2 heterocycles. The first-order chi connectivity index (χ1) is 16.3. The van der Waals surface area contributed by atoms with E-state index in [1.165, 1.54) is 32.5 Å². The molecular weight excluding hydrogens is 477 g/mol. The molecule has 12 heteroatoms. The lowest BCUT2D eigenvalue weighted by molar-refractivity contribution is 0.392. The zero-order valence-electron chi connectivity index (χ0n) is 18.4. The van der Waals surface area contributed by atoms with Gasteiger partial charge in [-0.05, 0) is 23.7 Å². The van der Waals surface area contributed by atoms with E-state index in [0.29, 0.717) is 33.4 Å². The average Bonchev–Trinajstić information content (AvgIpc) is 3.22. The van der Waals surface area contributed by atoms with E-state index in [1.807, 2.05) is 18.2 Å². The Kier molecular flexibility index (Phi) is 6.96. The molecule has 0 aliphatic carbocycles. The van der Waals surface area contributed by atoms with Gasteiger partial charge in [0.25, 0.3) is 0 Å². The van der Waals surface area contributed by atoms with Crippen LogP contribution >= 0.6 is 11.6 Å². The summed E-state index contributed by atoms with van der Waals surface area (Å²) < 4.78 is 40.1. The highest BCUT2D eigenvalue weighted by Gasteiger charge is 2.20. The van der Waals surface area contributed by atoms with Crippen molar-refractivity contribution >= 4 is 46.4 Å². The third kappa shape index (κ3) is 4.81. The summed E-state index contributed by atoms with van der Waals surface area (Å²) in [6.07, 6.45) is 1.50. The third-order valence-electron chi connectivity index (χ3n) is 5.03. The maximum Gasteiger partial charge on any atom is 0.244 e. The van der Waals surface area contributed by atoms with Gasteiger partial charge < -0.3 is 14.8 Å². The minimum atomic E-state index is -3.85. The first kappa shape index (κ1) is 23.9. The van der Waals surface area contributed by atoms with Crippen molar-refractivity contribution in [2.45, 2.75) is 4.90 Å². The van der Waals surface area contributed by atoms with Crippen molar-refractivity contribution in [1.29, 1.82) is 0 Å². The van der Waals surface area contributed by atoms with Crippen molar-refractivity contribution in [2.75, 3.05) is 32.6 Å². The summed E-state index contributed by atoms with van der Waals surface area (Å²) >= 11 is 6.35. The average molecular weight is 498 g/mol. The van der Waals surface area contributed by atoms with Gasteiger partial charge in [-0.1, -0.05) is 29.8 Å². The van der Waals surface area contributed by atoms with Gasteiger partial charge in [0.15, 0.2) is 5.65 Å². The van der Waals surface area contributed by atoms with Crippen molar-refractivity contribution in [3.63, 3.8) is 0 Å². The molecule has 0 saturated heterocycles. The molecule has 0 saturated carbocycles. The van der Waals surface area contributed by atoms with Crippen LogP contribution in [-0.4, -0.2) is 58.2 Å². The van der Waals surface area contributed by atoms with Gasteiger partial charge in [0.2, 0.25) is 10.0 Å². The number of methoxy groups -OCH3 is 2. The van der Waals surface area contributed by atoms with Gasteiger partial charge in [-0.15, -0.1) is 0 Å². The second kappa shape index (κ2) is 9.92. The number of rotatable bonds is 9. The quantitative estimate of drug-likeness (QED) is 0.270. The normalized spacial score (nSPS) is 11.5. The molecule has 4 rings (SSSR count). The number of nitrogens with one attached hydrogen (secondary N) is 2. The lowest BCUT2D eigenvalue weighted by Gasteiger charge is -2.14. The van der Waals surface area contributed by atoms with Gasteiger partial charge in [-0.3, -0.25) is 0 Å². The maximum atomic E-state index is 12.9. The van der Waals surface area contributed by atoms with Gasteiger partial charge in [0.1, 0.15) is 30.1 Å². The molecule has 0 amide bonds. The molecule has 4 aromatic rings. The molecule has 2 aromatic heterocycles. The molecule has 174 valence electrons. The molecule has 0 aliphatic rings. The number of fused-ring (bicyclic) bond motifs is 1. The van der Waals surface area contributed by atoms with Crippen molar-refractivity contribution < 1.29 is 17.9 Å². The maximum absolute atomic E-state index is 12.9. The van der Waals surface area contributed by atoms with Crippen LogP contribution in [0.2, 0.25) is 5.02 Å². The van der Waals surface area contributed by atoms with Crippen molar-refractivity contribution in [1.82, 2.24) is 19.3 Å². The van der Waals surface area contributed by atoms with Crippen molar-refractivity contribution in [3.8, 4) is 22.8 Å². The van der Waals surface area contributed by atoms with Gasteiger partial charge >= 0.3 is 0 Å². The second-order valence-electron chi connectivity index (χ2n) is 7.18. The van der Waals surface area contributed by atoms with E-state index >= 15 is 0 Å². The molecule has 0 aliphatic heterocycles.